The van der Waals surface area contributed by atoms with Crippen LogP contribution >= 0.6 is 0 Å². The average Bonchev–Trinajstić information content (AvgIpc) is 3.30. The molecule has 2 N–H and O–H groups in total. The van der Waals surface area contributed by atoms with Gasteiger partial charge in [0.25, 0.3) is 0 Å². The Balaban J connectivity index is 2.09. The average molecular weight is 444 g/mol. The summed E-state index contributed by atoms with van der Waals surface area (Å²) in [6.07, 6.45) is 2.70. The van der Waals surface area contributed by atoms with Gasteiger partial charge in [-0.1, -0.05) is 36.4 Å². The fraction of sp³-hybridized carbons (Fsp3) is 0.269. The van der Waals surface area contributed by atoms with Crippen molar-refractivity contribution in [2.45, 2.75) is 32.1 Å². The number of ether oxygens (including phenoxy) is 2. The molecule has 0 saturated carbocycles. The molecule has 0 saturated heterocycles. The van der Waals surface area contributed by atoms with Crippen LogP contribution in [0.5, 0.6) is 0 Å². The number of hydrogen-bond donors (Lipinski definition) is 1. The number of carbonyl (C=O) groups excluding carboxylic acids is 2. The second kappa shape index (κ2) is 8.83. The molecular formula is C26H25N3O4. The van der Waals surface area contributed by atoms with E-state index in [4.69, 9.17) is 15.2 Å². The van der Waals surface area contributed by atoms with E-state index in [9.17, 15) is 14.9 Å². The fourth-order valence-electron chi connectivity index (χ4n) is 4.80. The Bertz CT molecular complexity index is 1240. The second-order valence-electron chi connectivity index (χ2n) is 8.11. The first-order chi connectivity index (χ1) is 15.9. The molecule has 33 heavy (non-hydrogen) atoms. The van der Waals surface area contributed by atoms with Crippen LogP contribution in [0, 0.1) is 18.3 Å². The lowest BCUT2D eigenvalue weighted by molar-refractivity contribution is -0.139. The van der Waals surface area contributed by atoms with Gasteiger partial charge in [0.1, 0.15) is 11.5 Å². The van der Waals surface area contributed by atoms with Crippen LogP contribution in [0.25, 0.3) is 0 Å². The molecule has 0 spiro atoms. The Labute approximate surface area is 192 Å². The minimum Gasteiger partial charge on any atom is -0.466 e. The van der Waals surface area contributed by atoms with Crippen LogP contribution in [0.3, 0.4) is 0 Å². The molecule has 4 rings (SSSR count). The number of rotatable bonds is 4. The molecule has 2 aromatic carbocycles. The van der Waals surface area contributed by atoms with Crippen molar-refractivity contribution in [3.8, 4) is 6.07 Å². The predicted molar refractivity (Wildman–Crippen MR) is 123 cm³/mol. The lowest BCUT2D eigenvalue weighted by Crippen LogP contribution is -2.41. The van der Waals surface area contributed by atoms with Crippen LogP contribution in [0.4, 0.5) is 5.69 Å². The largest absolute Gasteiger partial charge is 0.466 e. The number of allylic oxidation sites excluding steroid dienone is 1. The third-order valence-electron chi connectivity index (χ3n) is 6.19. The molecule has 0 fully saturated rings. The number of hydrogen-bond acceptors (Lipinski definition) is 7. The summed E-state index contributed by atoms with van der Waals surface area (Å²) in [5, 5.41) is 10.2. The van der Waals surface area contributed by atoms with Crippen LogP contribution < -0.4 is 10.6 Å². The number of methoxy groups -OCH3 is 2. The Hall–Kier alpha value is -4.05. The van der Waals surface area contributed by atoms with Crippen molar-refractivity contribution in [3.63, 3.8) is 0 Å². The molecule has 7 nitrogen and oxygen atoms in total. The van der Waals surface area contributed by atoms with E-state index in [1.165, 1.54) is 24.7 Å². The molecule has 1 atom stereocenters. The van der Waals surface area contributed by atoms with Crippen molar-refractivity contribution in [2.75, 3.05) is 19.1 Å². The van der Waals surface area contributed by atoms with Crippen molar-refractivity contribution < 1.29 is 19.1 Å². The van der Waals surface area contributed by atoms with Crippen LogP contribution in [-0.4, -0.2) is 26.2 Å². The Morgan fingerprint density at radius 3 is 2.42 bits per heavy atom. The van der Waals surface area contributed by atoms with Gasteiger partial charge in [0, 0.05) is 0 Å². The zero-order chi connectivity index (χ0) is 23.7. The molecule has 0 radical (unpaired) electrons. The van der Waals surface area contributed by atoms with E-state index in [0.717, 1.165) is 30.4 Å². The summed E-state index contributed by atoms with van der Waals surface area (Å²) < 4.78 is 10.2. The quantitative estimate of drug-likeness (QED) is 0.722. The van der Waals surface area contributed by atoms with E-state index in [1.54, 1.807) is 24.3 Å². The molecule has 168 valence electrons. The second-order valence-corrected chi connectivity index (χ2v) is 8.11. The minimum atomic E-state index is -0.869. The van der Waals surface area contributed by atoms with Gasteiger partial charge in [-0.15, -0.1) is 0 Å². The highest BCUT2D eigenvalue weighted by Gasteiger charge is 2.43. The maximum atomic E-state index is 13.2. The molecule has 7 heteroatoms. The number of benzene rings is 2. The summed E-state index contributed by atoms with van der Waals surface area (Å²) in [5.41, 5.74) is 11.3. The fourth-order valence-corrected chi connectivity index (χ4v) is 4.80. The monoisotopic (exact) mass is 443 g/mol. The molecule has 0 bridgehead atoms. The summed E-state index contributed by atoms with van der Waals surface area (Å²) in [7, 11) is 2.50. The summed E-state index contributed by atoms with van der Waals surface area (Å²) in [6.45, 7) is 1.96. The van der Waals surface area contributed by atoms with E-state index >= 15 is 0 Å². The predicted octanol–water partition coefficient (Wildman–Crippen LogP) is 3.38. The number of esters is 2. The molecule has 2 aromatic rings. The zero-order valence-corrected chi connectivity index (χ0v) is 18.8. The SMILES string of the molecule is COC(=O)C1=C(C(=O)OC)N(c2cc(C)cc3c2CCC3)C(N)=C(C#N)C1c1ccccc1. The molecule has 0 aromatic heterocycles. The van der Waals surface area contributed by atoms with Gasteiger partial charge in [-0.3, -0.25) is 4.90 Å². The van der Waals surface area contributed by atoms with Crippen molar-refractivity contribution in [1.82, 2.24) is 0 Å². The van der Waals surface area contributed by atoms with Crippen LogP contribution in [-0.2, 0) is 31.9 Å². The van der Waals surface area contributed by atoms with Gasteiger partial charge in [0.2, 0.25) is 0 Å². The Kier molecular flexibility index (Phi) is 5.93. The van der Waals surface area contributed by atoms with Crippen molar-refractivity contribution in [1.29, 1.82) is 5.26 Å². The highest BCUT2D eigenvalue weighted by molar-refractivity contribution is 6.06. The van der Waals surface area contributed by atoms with Crippen molar-refractivity contribution in [2.24, 2.45) is 5.73 Å². The van der Waals surface area contributed by atoms with E-state index in [0.29, 0.717) is 11.3 Å². The third-order valence-corrected chi connectivity index (χ3v) is 6.19. The van der Waals surface area contributed by atoms with Gasteiger partial charge in [0.05, 0.1) is 43.0 Å². The molecule has 1 aliphatic heterocycles. The standard InChI is InChI=1S/C26H25N3O4/c1-15-12-17-10-7-11-18(17)20(13-15)29-23(26(31)33-3)22(25(30)32-2)21(19(14-27)24(29)28)16-8-5-4-6-9-16/h4-6,8-9,12-13,21H,7,10-11,28H2,1-3H3. The molecule has 1 unspecified atom stereocenters. The highest BCUT2D eigenvalue weighted by Crippen LogP contribution is 2.45. The number of carbonyl (C=O) groups is 2. The number of nitriles is 1. The van der Waals surface area contributed by atoms with E-state index in [1.807, 2.05) is 19.1 Å². The van der Waals surface area contributed by atoms with Gasteiger partial charge in [-0.2, -0.15) is 5.26 Å². The van der Waals surface area contributed by atoms with Gasteiger partial charge in [-0.25, -0.2) is 9.59 Å². The van der Waals surface area contributed by atoms with Crippen LogP contribution in [0.1, 0.15) is 34.6 Å². The summed E-state index contributed by atoms with van der Waals surface area (Å²) in [6, 6.07) is 15.2. The first-order valence-electron chi connectivity index (χ1n) is 10.7. The summed E-state index contributed by atoms with van der Waals surface area (Å²) in [4.78, 5) is 27.8. The Morgan fingerprint density at radius 1 is 1.09 bits per heavy atom. The molecule has 1 heterocycles. The number of aryl methyl sites for hydroxylation is 2. The zero-order valence-electron chi connectivity index (χ0n) is 18.8. The van der Waals surface area contributed by atoms with E-state index < -0.39 is 17.9 Å². The lowest BCUT2D eigenvalue weighted by Gasteiger charge is -2.37. The van der Waals surface area contributed by atoms with Gasteiger partial charge >= 0.3 is 11.9 Å². The maximum Gasteiger partial charge on any atom is 0.355 e. The van der Waals surface area contributed by atoms with E-state index in [-0.39, 0.29) is 22.7 Å². The maximum absolute atomic E-state index is 13.2. The molecule has 2 aliphatic rings. The van der Waals surface area contributed by atoms with Crippen LogP contribution in [0.2, 0.25) is 0 Å². The third kappa shape index (κ3) is 3.64. The minimum absolute atomic E-state index is 0.0227. The highest BCUT2D eigenvalue weighted by atomic mass is 16.5. The lowest BCUT2D eigenvalue weighted by atomic mass is 9.80. The number of anilines is 1. The smallest absolute Gasteiger partial charge is 0.355 e. The van der Waals surface area contributed by atoms with Gasteiger partial charge < -0.3 is 15.2 Å². The molecule has 1 aliphatic carbocycles. The van der Waals surface area contributed by atoms with Gasteiger partial charge in [-0.05, 0) is 54.5 Å². The van der Waals surface area contributed by atoms with E-state index in [2.05, 4.69) is 12.1 Å². The Morgan fingerprint density at radius 2 is 1.79 bits per heavy atom. The number of nitrogens with two attached hydrogens (primary N) is 1. The normalized spacial score (nSPS) is 17.5. The molecular weight excluding hydrogens is 418 g/mol. The first-order valence-corrected chi connectivity index (χ1v) is 10.7. The number of fused-ring (bicyclic) bond motifs is 1. The van der Waals surface area contributed by atoms with Crippen molar-refractivity contribution in [3.05, 3.63) is 87.4 Å². The molecule has 0 amide bonds. The summed E-state index contributed by atoms with van der Waals surface area (Å²) >= 11 is 0. The first kappa shape index (κ1) is 22.2. The van der Waals surface area contributed by atoms with Crippen molar-refractivity contribution >= 4 is 17.6 Å². The summed E-state index contributed by atoms with van der Waals surface area (Å²) in [5.74, 6) is -2.23. The number of nitrogens with zero attached hydrogens (tertiary/aromatic N) is 2. The van der Waals surface area contributed by atoms with Crippen LogP contribution in [0.15, 0.2) is 65.1 Å². The topological polar surface area (TPSA) is 106 Å². The van der Waals surface area contributed by atoms with Gasteiger partial charge in [0.15, 0.2) is 0 Å².